The number of hydrogen-bond donors (Lipinski definition) is 1. The Hall–Kier alpha value is -2.16. The Labute approximate surface area is 102 Å². The molecule has 3 nitrogen and oxygen atoms in total. The smallest absolute Gasteiger partial charge is 0.168 e. The van der Waals surface area contributed by atoms with E-state index in [0.29, 0.717) is 29.6 Å². The molecule has 17 heavy (non-hydrogen) atoms. The van der Waals surface area contributed by atoms with E-state index in [1.807, 2.05) is 6.92 Å². The Morgan fingerprint density at radius 2 is 2.00 bits per heavy atom. The minimum absolute atomic E-state index is 0.476. The highest BCUT2D eigenvalue weighted by Crippen LogP contribution is 2.19. The van der Waals surface area contributed by atoms with Gasteiger partial charge in [-0.1, -0.05) is 19.2 Å². The van der Waals surface area contributed by atoms with Crippen LogP contribution in [0.25, 0.3) is 0 Å². The van der Waals surface area contributed by atoms with Crippen LogP contribution in [0.2, 0.25) is 0 Å². The number of ether oxygens (including phenoxy) is 2. The van der Waals surface area contributed by atoms with E-state index >= 15 is 0 Å². The molecule has 2 N–H and O–H groups in total. The predicted octanol–water partition coefficient (Wildman–Crippen LogP) is 3.27. The van der Waals surface area contributed by atoms with Crippen LogP contribution in [0.15, 0.2) is 61.1 Å². The van der Waals surface area contributed by atoms with Gasteiger partial charge in [-0.15, -0.1) is 0 Å². The van der Waals surface area contributed by atoms with Gasteiger partial charge in [0.15, 0.2) is 11.5 Å². The van der Waals surface area contributed by atoms with Crippen molar-refractivity contribution in [2.45, 2.75) is 6.92 Å². The molecule has 0 fully saturated rings. The van der Waals surface area contributed by atoms with Crippen LogP contribution in [-0.4, -0.2) is 6.61 Å². The Bertz CT molecular complexity index is 418. The lowest BCUT2D eigenvalue weighted by Crippen LogP contribution is -2.02. The highest BCUT2D eigenvalue weighted by atomic mass is 16.5. The molecule has 0 unspecified atom stereocenters. The van der Waals surface area contributed by atoms with Gasteiger partial charge in [0.1, 0.15) is 5.75 Å². The summed E-state index contributed by atoms with van der Waals surface area (Å²) in [4.78, 5) is 0. The third-order valence-corrected chi connectivity index (χ3v) is 1.97. The van der Waals surface area contributed by atoms with E-state index in [9.17, 15) is 0 Å². The number of anilines is 1. The van der Waals surface area contributed by atoms with E-state index in [0.717, 1.165) is 0 Å². The largest absolute Gasteiger partial charge is 0.491 e. The topological polar surface area (TPSA) is 44.5 Å². The minimum Gasteiger partial charge on any atom is -0.491 e. The second-order valence-electron chi connectivity index (χ2n) is 3.29. The molecule has 1 aromatic carbocycles. The number of rotatable bonds is 6. The number of allylic oxidation sites excluding steroid dienone is 2. The molecule has 0 aromatic heterocycles. The number of nitrogens with two attached hydrogens (primary N) is 1. The van der Waals surface area contributed by atoms with Crippen molar-refractivity contribution in [2.75, 3.05) is 12.3 Å². The fraction of sp³-hybridized carbons (Fsp3) is 0.143. The van der Waals surface area contributed by atoms with Crippen molar-refractivity contribution in [3.63, 3.8) is 0 Å². The first kappa shape index (κ1) is 12.9. The lowest BCUT2D eigenvalue weighted by Gasteiger charge is -2.12. The Balaban J connectivity index is 2.80. The van der Waals surface area contributed by atoms with E-state index in [-0.39, 0.29) is 0 Å². The number of nitrogen functional groups attached to an aromatic ring is 1. The van der Waals surface area contributed by atoms with Gasteiger partial charge in [0, 0.05) is 5.69 Å². The molecule has 1 rings (SSSR count). The summed E-state index contributed by atoms with van der Waals surface area (Å²) in [5.74, 6) is 1.68. The molecule has 0 radical (unpaired) electrons. The van der Waals surface area contributed by atoms with Crippen LogP contribution in [0, 0.1) is 0 Å². The summed E-state index contributed by atoms with van der Waals surface area (Å²) < 4.78 is 10.9. The Morgan fingerprint density at radius 3 is 2.53 bits per heavy atom. The molecule has 0 saturated carbocycles. The van der Waals surface area contributed by atoms with E-state index < -0.39 is 0 Å². The molecule has 0 heterocycles. The van der Waals surface area contributed by atoms with Crippen LogP contribution >= 0.6 is 0 Å². The van der Waals surface area contributed by atoms with Gasteiger partial charge < -0.3 is 15.2 Å². The number of benzene rings is 1. The second kappa shape index (κ2) is 6.43. The first-order valence-corrected chi connectivity index (χ1v) is 5.35. The zero-order valence-corrected chi connectivity index (χ0v) is 9.98. The Kier molecular flexibility index (Phi) is 4.88. The lowest BCUT2D eigenvalue weighted by atomic mass is 10.3. The minimum atomic E-state index is 0.476. The van der Waals surface area contributed by atoms with Gasteiger partial charge in [0.05, 0.1) is 6.61 Å². The van der Waals surface area contributed by atoms with Crippen molar-refractivity contribution >= 4 is 5.69 Å². The molecule has 0 aliphatic heterocycles. The highest BCUT2D eigenvalue weighted by Gasteiger charge is 2.05. The Morgan fingerprint density at radius 1 is 1.35 bits per heavy atom. The first-order chi connectivity index (χ1) is 8.17. The van der Waals surface area contributed by atoms with Crippen LogP contribution in [0.5, 0.6) is 5.75 Å². The number of hydrogen-bond acceptors (Lipinski definition) is 3. The quantitative estimate of drug-likeness (QED) is 0.464. The predicted molar refractivity (Wildman–Crippen MR) is 70.5 cm³/mol. The summed E-state index contributed by atoms with van der Waals surface area (Å²) in [5, 5.41) is 0. The van der Waals surface area contributed by atoms with Crippen LogP contribution in [0.4, 0.5) is 5.69 Å². The van der Waals surface area contributed by atoms with Gasteiger partial charge in [-0.25, -0.2) is 0 Å². The summed E-state index contributed by atoms with van der Waals surface area (Å²) in [6.07, 6.45) is 3.32. The average Bonchev–Trinajstić information content (AvgIpc) is 2.31. The van der Waals surface area contributed by atoms with Gasteiger partial charge in [0.25, 0.3) is 0 Å². The summed E-state index contributed by atoms with van der Waals surface area (Å²) in [5.41, 5.74) is 6.29. The third kappa shape index (κ3) is 4.07. The van der Waals surface area contributed by atoms with Gasteiger partial charge in [-0.2, -0.15) is 0 Å². The van der Waals surface area contributed by atoms with Gasteiger partial charge in [-0.05, 0) is 37.3 Å². The second-order valence-corrected chi connectivity index (χ2v) is 3.29. The third-order valence-electron chi connectivity index (χ3n) is 1.97. The van der Waals surface area contributed by atoms with Crippen LogP contribution < -0.4 is 10.5 Å². The average molecular weight is 231 g/mol. The summed E-state index contributed by atoms with van der Waals surface area (Å²) in [7, 11) is 0. The van der Waals surface area contributed by atoms with Crippen molar-refractivity contribution in [2.24, 2.45) is 0 Å². The molecule has 0 aliphatic carbocycles. The fourth-order valence-electron chi connectivity index (χ4n) is 1.20. The summed E-state index contributed by atoms with van der Waals surface area (Å²) in [6.45, 7) is 9.84. The van der Waals surface area contributed by atoms with Crippen molar-refractivity contribution in [1.82, 2.24) is 0 Å². The maximum atomic E-state index is 5.63. The fourth-order valence-corrected chi connectivity index (χ4v) is 1.20. The molecule has 1 aromatic rings. The highest BCUT2D eigenvalue weighted by molar-refractivity contribution is 5.42. The van der Waals surface area contributed by atoms with Gasteiger partial charge >= 0.3 is 0 Å². The summed E-state index contributed by atoms with van der Waals surface area (Å²) in [6, 6.07) is 7.10. The van der Waals surface area contributed by atoms with Gasteiger partial charge in [0.2, 0.25) is 0 Å². The van der Waals surface area contributed by atoms with E-state index in [4.69, 9.17) is 15.2 Å². The standard InChI is InChI=1S/C14H17NO2/c1-4-6-14(11(3)16-5-2)17-13-9-7-12(15)8-10-13/h4,6-10H,1,3,5,15H2,2H3/b14-6+. The van der Waals surface area contributed by atoms with E-state index in [1.165, 1.54) is 0 Å². The molecule has 0 amide bonds. The molecular weight excluding hydrogens is 214 g/mol. The zero-order valence-electron chi connectivity index (χ0n) is 9.98. The van der Waals surface area contributed by atoms with Crippen molar-refractivity contribution in [3.8, 4) is 5.75 Å². The lowest BCUT2D eigenvalue weighted by molar-refractivity contribution is 0.214. The zero-order chi connectivity index (χ0) is 12.7. The van der Waals surface area contributed by atoms with Crippen LogP contribution in [-0.2, 0) is 4.74 Å². The van der Waals surface area contributed by atoms with Crippen molar-refractivity contribution < 1.29 is 9.47 Å². The normalized spacial score (nSPS) is 10.8. The van der Waals surface area contributed by atoms with Gasteiger partial charge in [-0.3, -0.25) is 0 Å². The monoisotopic (exact) mass is 231 g/mol. The molecule has 90 valence electrons. The maximum Gasteiger partial charge on any atom is 0.168 e. The molecule has 0 saturated heterocycles. The molecule has 0 aliphatic rings. The van der Waals surface area contributed by atoms with Crippen LogP contribution in [0.3, 0.4) is 0 Å². The SMILES string of the molecule is C=C/C=C(/Oc1ccc(N)cc1)C(=C)OCC. The van der Waals surface area contributed by atoms with E-state index in [2.05, 4.69) is 13.2 Å². The molecule has 0 atom stereocenters. The van der Waals surface area contributed by atoms with Crippen molar-refractivity contribution in [3.05, 3.63) is 61.1 Å². The first-order valence-electron chi connectivity index (χ1n) is 5.35. The molecule has 0 bridgehead atoms. The van der Waals surface area contributed by atoms with Crippen LogP contribution in [0.1, 0.15) is 6.92 Å². The summed E-state index contributed by atoms with van der Waals surface area (Å²) >= 11 is 0. The van der Waals surface area contributed by atoms with E-state index in [1.54, 1.807) is 36.4 Å². The maximum absolute atomic E-state index is 5.63. The molecule has 0 spiro atoms. The van der Waals surface area contributed by atoms with Crippen molar-refractivity contribution in [1.29, 1.82) is 0 Å². The molecular formula is C14H17NO2. The molecule has 3 heteroatoms.